The second kappa shape index (κ2) is 17.5. The third-order valence-corrected chi connectivity index (χ3v) is 11.8. The molecule has 2 aliphatic rings. The highest BCUT2D eigenvalue weighted by Gasteiger charge is 2.41. The molecule has 7 heteroatoms. The van der Waals surface area contributed by atoms with E-state index in [0.717, 1.165) is 43.1 Å². The van der Waals surface area contributed by atoms with E-state index in [-0.39, 0.29) is 25.6 Å². The first-order valence-corrected chi connectivity index (χ1v) is 19.6. The van der Waals surface area contributed by atoms with Gasteiger partial charge in [0.05, 0.1) is 28.8 Å². The van der Waals surface area contributed by atoms with E-state index in [2.05, 4.69) is 60.7 Å². The molecule has 0 spiro atoms. The zero-order chi connectivity index (χ0) is 35.0. The van der Waals surface area contributed by atoms with Crippen LogP contribution in [-0.4, -0.2) is 49.0 Å². The molecule has 1 saturated heterocycles. The molecule has 0 amide bonds. The van der Waals surface area contributed by atoms with Crippen molar-refractivity contribution >= 4 is 22.6 Å². The van der Waals surface area contributed by atoms with E-state index in [1.807, 2.05) is 32.0 Å². The van der Waals surface area contributed by atoms with Crippen molar-refractivity contribution in [3.8, 4) is 28.0 Å². The maximum absolute atomic E-state index is 16.1. The van der Waals surface area contributed by atoms with Crippen molar-refractivity contribution in [3.63, 3.8) is 0 Å². The topological polar surface area (TPSA) is 68.2 Å². The summed E-state index contributed by atoms with van der Waals surface area (Å²) >= 11 is 2.31. The zero-order valence-corrected chi connectivity index (χ0v) is 32.1. The van der Waals surface area contributed by atoms with Gasteiger partial charge in [-0.25, -0.2) is 4.39 Å². The maximum Gasteiger partial charge on any atom is 0.162 e. The molecule has 5 rings (SSSR count). The van der Waals surface area contributed by atoms with E-state index in [1.54, 1.807) is 6.07 Å². The van der Waals surface area contributed by atoms with Crippen molar-refractivity contribution in [2.75, 3.05) is 33.0 Å². The molecule has 2 N–H and O–H groups in total. The molecule has 0 aromatic heterocycles. The molecule has 268 valence electrons. The van der Waals surface area contributed by atoms with Crippen molar-refractivity contribution in [3.05, 3.63) is 74.6 Å². The smallest absolute Gasteiger partial charge is 0.162 e. The lowest BCUT2D eigenvalue weighted by atomic mass is 9.77. The van der Waals surface area contributed by atoms with Gasteiger partial charge >= 0.3 is 0 Å². The number of ether oxygens (including phenoxy) is 3. The number of hydrogen-bond donors (Lipinski definition) is 2. The standard InChI is InChI=1S/C42H56FIO5/c1-5-7-8-10-29-12-14-30(15-13-29)31-16-18-32(19-17-31)33-20-21-36(38(43)24-33)37-23-34(11-9-22-45)40(39(44)35(37)6-2)47-26-42(25-46)27-48-41(3,4)49-28-42/h16-21,23-24,29-30,45-46H,5-15,22,25-28H2,1-4H3. The van der Waals surface area contributed by atoms with Crippen molar-refractivity contribution in [1.29, 1.82) is 0 Å². The van der Waals surface area contributed by atoms with Crippen LogP contribution in [0.1, 0.15) is 108 Å². The molecule has 0 unspecified atom stereocenters. The summed E-state index contributed by atoms with van der Waals surface area (Å²) in [4.78, 5) is 0. The van der Waals surface area contributed by atoms with Crippen LogP contribution >= 0.6 is 22.6 Å². The predicted octanol–water partition coefficient (Wildman–Crippen LogP) is 10.2. The van der Waals surface area contributed by atoms with Crippen LogP contribution in [0, 0.1) is 20.7 Å². The Bertz CT molecular complexity index is 1500. The second-order valence-electron chi connectivity index (χ2n) is 14.8. The van der Waals surface area contributed by atoms with E-state index in [4.69, 9.17) is 14.2 Å². The van der Waals surface area contributed by atoms with Gasteiger partial charge in [0.2, 0.25) is 0 Å². The van der Waals surface area contributed by atoms with Crippen molar-refractivity contribution < 1.29 is 28.8 Å². The summed E-state index contributed by atoms with van der Waals surface area (Å²) in [5.74, 6) is 1.28. The number of hydrogen-bond acceptors (Lipinski definition) is 5. The Labute approximate surface area is 307 Å². The Morgan fingerprint density at radius 2 is 1.57 bits per heavy atom. The summed E-state index contributed by atoms with van der Waals surface area (Å²) in [6.45, 7) is 8.83. The fourth-order valence-electron chi connectivity index (χ4n) is 7.43. The van der Waals surface area contributed by atoms with E-state index >= 15 is 4.39 Å². The molecule has 1 aliphatic carbocycles. The van der Waals surface area contributed by atoms with Gasteiger partial charge in [-0.05, 0) is 139 Å². The predicted molar refractivity (Wildman–Crippen MR) is 205 cm³/mol. The molecular weight excluding hydrogens is 730 g/mol. The molecule has 0 bridgehead atoms. The van der Waals surface area contributed by atoms with Crippen molar-refractivity contribution in [2.45, 2.75) is 110 Å². The Hall–Kier alpha value is -2.04. The summed E-state index contributed by atoms with van der Waals surface area (Å²) in [5.41, 5.74) is 5.94. The SMILES string of the molecule is CCCCCC1CCC(c2ccc(-c3ccc(-c4cc(CCCO)c(OCC5(CO)COC(C)(C)OC5)c(I)c4CC)c(F)c3)cc2)CC1. The zero-order valence-electron chi connectivity index (χ0n) is 30.0. The normalized spacial score (nSPS) is 20.3. The summed E-state index contributed by atoms with van der Waals surface area (Å²) in [7, 11) is 0. The molecular formula is C42H56FIO5. The molecule has 1 heterocycles. The van der Waals surface area contributed by atoms with Crippen LogP contribution in [0.15, 0.2) is 48.5 Å². The van der Waals surface area contributed by atoms with Gasteiger partial charge < -0.3 is 24.4 Å². The fourth-order valence-corrected chi connectivity index (χ4v) is 8.61. The molecule has 3 aromatic carbocycles. The van der Waals surface area contributed by atoms with Crippen LogP contribution in [-0.2, 0) is 22.3 Å². The second-order valence-corrected chi connectivity index (χ2v) is 15.9. The first-order valence-electron chi connectivity index (χ1n) is 18.5. The van der Waals surface area contributed by atoms with E-state index in [9.17, 15) is 10.2 Å². The molecule has 5 nitrogen and oxygen atoms in total. The Morgan fingerprint density at radius 1 is 0.878 bits per heavy atom. The molecule has 2 fully saturated rings. The van der Waals surface area contributed by atoms with Crippen molar-refractivity contribution in [2.24, 2.45) is 11.3 Å². The summed E-state index contributed by atoms with van der Waals surface area (Å²) in [6, 6.07) is 16.4. The van der Waals surface area contributed by atoms with Gasteiger partial charge in [0.25, 0.3) is 0 Å². The number of benzene rings is 3. The molecule has 0 atom stereocenters. The van der Waals surface area contributed by atoms with Crippen LogP contribution in [0.4, 0.5) is 4.39 Å². The van der Waals surface area contributed by atoms with E-state index in [1.165, 1.54) is 56.9 Å². The molecule has 0 radical (unpaired) electrons. The average molecular weight is 787 g/mol. The molecule has 1 saturated carbocycles. The van der Waals surface area contributed by atoms with Gasteiger partial charge in [0, 0.05) is 12.2 Å². The van der Waals surface area contributed by atoms with Gasteiger partial charge in [-0.1, -0.05) is 75.9 Å². The lowest BCUT2D eigenvalue weighted by Crippen LogP contribution is -2.51. The molecule has 1 aliphatic heterocycles. The number of halogens is 2. The third kappa shape index (κ3) is 9.45. The largest absolute Gasteiger partial charge is 0.491 e. The highest BCUT2D eigenvalue weighted by atomic mass is 127. The number of aliphatic hydroxyl groups is 2. The third-order valence-electron chi connectivity index (χ3n) is 10.7. The van der Waals surface area contributed by atoms with E-state index < -0.39 is 11.2 Å². The number of rotatable bonds is 15. The van der Waals surface area contributed by atoms with Gasteiger partial charge in [-0.3, -0.25) is 0 Å². The summed E-state index contributed by atoms with van der Waals surface area (Å²) in [5, 5.41) is 20.0. The quantitative estimate of drug-likeness (QED) is 0.119. The van der Waals surface area contributed by atoms with Crippen LogP contribution in [0.25, 0.3) is 22.3 Å². The van der Waals surface area contributed by atoms with E-state index in [0.29, 0.717) is 44.0 Å². The average Bonchev–Trinajstić information content (AvgIpc) is 3.11. The highest BCUT2D eigenvalue weighted by molar-refractivity contribution is 14.1. The Balaban J connectivity index is 1.34. The van der Waals surface area contributed by atoms with Crippen molar-refractivity contribution in [1.82, 2.24) is 0 Å². The minimum atomic E-state index is -0.702. The van der Waals surface area contributed by atoms with Gasteiger partial charge in [-0.15, -0.1) is 0 Å². The Morgan fingerprint density at radius 3 is 2.18 bits per heavy atom. The number of aryl methyl sites for hydroxylation is 1. The highest BCUT2D eigenvalue weighted by Crippen LogP contribution is 2.42. The number of unbranched alkanes of at least 4 members (excludes halogenated alkanes) is 2. The van der Waals surface area contributed by atoms with Crippen LogP contribution in [0.2, 0.25) is 0 Å². The lowest BCUT2D eigenvalue weighted by molar-refractivity contribution is -0.293. The summed E-state index contributed by atoms with van der Waals surface area (Å²) < 4.78 is 35.2. The van der Waals surface area contributed by atoms with Crippen LogP contribution in [0.5, 0.6) is 5.75 Å². The maximum atomic E-state index is 16.1. The number of aliphatic hydroxyl groups excluding tert-OH is 2. The van der Waals surface area contributed by atoms with Crippen LogP contribution in [0.3, 0.4) is 0 Å². The first-order chi connectivity index (χ1) is 23.6. The first kappa shape index (κ1) is 38.2. The fraction of sp³-hybridized carbons (Fsp3) is 0.571. The monoisotopic (exact) mass is 786 g/mol. The van der Waals surface area contributed by atoms with Crippen LogP contribution < -0.4 is 4.74 Å². The minimum Gasteiger partial charge on any atom is -0.491 e. The molecule has 3 aromatic rings. The van der Waals surface area contributed by atoms with Gasteiger partial charge in [0.1, 0.15) is 18.2 Å². The lowest BCUT2D eigenvalue weighted by Gasteiger charge is -2.42. The Kier molecular flexibility index (Phi) is 13.6. The van der Waals surface area contributed by atoms with Gasteiger partial charge in [0.15, 0.2) is 5.79 Å². The molecule has 49 heavy (non-hydrogen) atoms. The summed E-state index contributed by atoms with van der Waals surface area (Å²) in [6.07, 6.45) is 12.4. The van der Waals surface area contributed by atoms with Gasteiger partial charge in [-0.2, -0.15) is 0 Å². The minimum absolute atomic E-state index is 0.0420.